The fourth-order valence-corrected chi connectivity index (χ4v) is 3.60. The molecule has 0 saturated carbocycles. The van der Waals surface area contributed by atoms with Gasteiger partial charge in [-0.05, 0) is 53.8 Å². The summed E-state index contributed by atoms with van der Waals surface area (Å²) in [7, 11) is 0. The Kier molecular flexibility index (Phi) is 5.70. The second-order valence-corrected chi connectivity index (χ2v) is 8.49. The van der Waals surface area contributed by atoms with Gasteiger partial charge in [0.25, 0.3) is 0 Å². The first-order chi connectivity index (χ1) is 14.0. The van der Waals surface area contributed by atoms with Crippen molar-refractivity contribution >= 4 is 17.1 Å². The molecule has 0 aromatic heterocycles. The summed E-state index contributed by atoms with van der Waals surface area (Å²) in [6.45, 7) is 8.23. The van der Waals surface area contributed by atoms with Crippen molar-refractivity contribution in [1.82, 2.24) is 0 Å². The molecule has 4 rings (SSSR count). The first kappa shape index (κ1) is 19.7. The van der Waals surface area contributed by atoms with Gasteiger partial charge in [-0.25, -0.2) is 0 Å². The predicted molar refractivity (Wildman–Crippen MR) is 119 cm³/mol. The number of benzene rings is 3. The fourth-order valence-electron chi connectivity index (χ4n) is 3.60. The molecule has 1 fully saturated rings. The van der Waals surface area contributed by atoms with Gasteiger partial charge in [0, 0.05) is 22.6 Å². The lowest BCUT2D eigenvalue weighted by molar-refractivity contribution is -0.183. The third kappa shape index (κ3) is 4.52. The summed E-state index contributed by atoms with van der Waals surface area (Å²) in [4.78, 5) is 2.28. The lowest BCUT2D eigenvalue weighted by Crippen LogP contribution is -2.18. The zero-order valence-corrected chi connectivity index (χ0v) is 17.5. The molecule has 0 unspecified atom stereocenters. The summed E-state index contributed by atoms with van der Waals surface area (Å²) < 4.78 is 11.5. The van der Waals surface area contributed by atoms with E-state index in [-0.39, 0.29) is 11.7 Å². The van der Waals surface area contributed by atoms with E-state index in [0.29, 0.717) is 0 Å². The van der Waals surface area contributed by atoms with Crippen LogP contribution in [0.25, 0.3) is 0 Å². The zero-order chi connectivity index (χ0) is 20.3. The molecule has 3 aromatic carbocycles. The topological polar surface area (TPSA) is 21.7 Å². The van der Waals surface area contributed by atoms with Crippen LogP contribution in [0.3, 0.4) is 0 Å². The van der Waals surface area contributed by atoms with Crippen molar-refractivity contribution in [2.75, 3.05) is 18.1 Å². The van der Waals surface area contributed by atoms with Crippen molar-refractivity contribution in [3.63, 3.8) is 0 Å². The molecule has 1 saturated heterocycles. The number of hydrogen-bond acceptors (Lipinski definition) is 3. The van der Waals surface area contributed by atoms with Crippen LogP contribution >= 0.6 is 0 Å². The number of rotatable bonds is 4. The van der Waals surface area contributed by atoms with Gasteiger partial charge in [-0.15, -0.1) is 0 Å². The molecule has 3 aromatic rings. The van der Waals surface area contributed by atoms with Crippen LogP contribution in [0.1, 0.15) is 44.6 Å². The highest BCUT2D eigenvalue weighted by Gasteiger charge is 2.19. The predicted octanol–water partition coefficient (Wildman–Crippen LogP) is 6.89. The Morgan fingerprint density at radius 3 is 1.76 bits per heavy atom. The standard InChI is InChI=1S/C26H29NO2/c1-26(2,3)21-12-16-24(17-13-21)27(22-8-5-4-6-9-22)23-14-10-20(11-15-23)25-28-18-7-19-29-25/h4-6,8-17,25H,7,18-19H2,1-3H3. The van der Waals surface area contributed by atoms with Crippen molar-refractivity contribution in [2.24, 2.45) is 0 Å². The number of ether oxygens (including phenoxy) is 2. The lowest BCUT2D eigenvalue weighted by Gasteiger charge is -2.28. The van der Waals surface area contributed by atoms with Crippen molar-refractivity contribution in [3.8, 4) is 0 Å². The van der Waals surface area contributed by atoms with E-state index in [0.717, 1.165) is 42.3 Å². The highest BCUT2D eigenvalue weighted by Crippen LogP contribution is 2.36. The van der Waals surface area contributed by atoms with E-state index in [1.807, 2.05) is 6.07 Å². The van der Waals surface area contributed by atoms with E-state index < -0.39 is 0 Å². The molecule has 3 heteroatoms. The third-order valence-electron chi connectivity index (χ3n) is 5.26. The molecule has 0 radical (unpaired) electrons. The monoisotopic (exact) mass is 387 g/mol. The van der Waals surface area contributed by atoms with Gasteiger partial charge in [-0.2, -0.15) is 0 Å². The molecule has 1 aliphatic rings. The molecule has 150 valence electrons. The van der Waals surface area contributed by atoms with Crippen LogP contribution in [0.2, 0.25) is 0 Å². The summed E-state index contributed by atoms with van der Waals surface area (Å²) in [6.07, 6.45) is 0.704. The Hall–Kier alpha value is -2.62. The number of anilines is 3. The maximum atomic E-state index is 5.74. The van der Waals surface area contributed by atoms with Crippen molar-refractivity contribution in [1.29, 1.82) is 0 Å². The number of nitrogens with zero attached hydrogens (tertiary/aromatic N) is 1. The Bertz CT molecular complexity index is 906. The molecule has 3 nitrogen and oxygen atoms in total. The van der Waals surface area contributed by atoms with Crippen molar-refractivity contribution < 1.29 is 9.47 Å². The van der Waals surface area contributed by atoms with Gasteiger partial charge in [-0.3, -0.25) is 0 Å². The van der Waals surface area contributed by atoms with Crippen LogP contribution in [-0.4, -0.2) is 13.2 Å². The molecule has 1 aliphatic heterocycles. The zero-order valence-electron chi connectivity index (χ0n) is 17.5. The molecular formula is C26H29NO2. The van der Waals surface area contributed by atoms with Crippen LogP contribution in [0.4, 0.5) is 17.1 Å². The smallest absolute Gasteiger partial charge is 0.183 e. The lowest BCUT2D eigenvalue weighted by atomic mass is 9.87. The minimum absolute atomic E-state index is 0.137. The maximum Gasteiger partial charge on any atom is 0.183 e. The van der Waals surface area contributed by atoms with Crippen LogP contribution in [-0.2, 0) is 14.9 Å². The highest BCUT2D eigenvalue weighted by molar-refractivity contribution is 5.76. The number of hydrogen-bond donors (Lipinski definition) is 0. The van der Waals surface area contributed by atoms with E-state index >= 15 is 0 Å². The van der Waals surface area contributed by atoms with Gasteiger partial charge in [0.15, 0.2) is 6.29 Å². The first-order valence-electron chi connectivity index (χ1n) is 10.3. The van der Waals surface area contributed by atoms with Gasteiger partial charge >= 0.3 is 0 Å². The minimum atomic E-state index is -0.256. The van der Waals surface area contributed by atoms with Gasteiger partial charge in [-0.1, -0.05) is 63.2 Å². The molecule has 0 atom stereocenters. The summed E-state index contributed by atoms with van der Waals surface area (Å²) in [5, 5.41) is 0. The van der Waals surface area contributed by atoms with Crippen LogP contribution in [0.5, 0.6) is 0 Å². The van der Waals surface area contributed by atoms with E-state index in [1.165, 1.54) is 5.56 Å². The van der Waals surface area contributed by atoms with Crippen molar-refractivity contribution in [2.45, 2.75) is 38.9 Å². The molecule has 0 aliphatic carbocycles. The van der Waals surface area contributed by atoms with E-state index in [2.05, 4.69) is 98.5 Å². The summed E-state index contributed by atoms with van der Waals surface area (Å²) in [6, 6.07) is 27.8. The minimum Gasteiger partial charge on any atom is -0.348 e. The summed E-state index contributed by atoms with van der Waals surface area (Å²) >= 11 is 0. The first-order valence-corrected chi connectivity index (χ1v) is 10.3. The van der Waals surface area contributed by atoms with E-state index in [1.54, 1.807) is 0 Å². The molecule has 1 heterocycles. The maximum absolute atomic E-state index is 5.74. The van der Waals surface area contributed by atoms with Gasteiger partial charge in [0.2, 0.25) is 0 Å². The Morgan fingerprint density at radius 2 is 1.21 bits per heavy atom. The highest BCUT2D eigenvalue weighted by atomic mass is 16.7. The van der Waals surface area contributed by atoms with Crippen molar-refractivity contribution in [3.05, 3.63) is 90.0 Å². The number of para-hydroxylation sites is 1. The molecular weight excluding hydrogens is 358 g/mol. The average molecular weight is 388 g/mol. The Balaban J connectivity index is 1.68. The molecule has 0 spiro atoms. The largest absolute Gasteiger partial charge is 0.348 e. The molecule has 0 amide bonds. The van der Waals surface area contributed by atoms with E-state index in [9.17, 15) is 0 Å². The Morgan fingerprint density at radius 1 is 0.690 bits per heavy atom. The molecule has 29 heavy (non-hydrogen) atoms. The summed E-state index contributed by atoms with van der Waals surface area (Å²) in [5.74, 6) is 0. The SMILES string of the molecule is CC(C)(C)c1ccc(N(c2ccccc2)c2ccc(C3OCCCO3)cc2)cc1. The molecule has 0 N–H and O–H groups in total. The quantitative estimate of drug-likeness (QED) is 0.486. The second kappa shape index (κ2) is 8.40. The van der Waals surface area contributed by atoms with Gasteiger partial charge in [0.05, 0.1) is 13.2 Å². The summed E-state index contributed by atoms with van der Waals surface area (Å²) in [5.41, 5.74) is 5.91. The normalized spacial score (nSPS) is 15.3. The van der Waals surface area contributed by atoms with Crippen LogP contribution in [0.15, 0.2) is 78.9 Å². The van der Waals surface area contributed by atoms with E-state index in [4.69, 9.17) is 9.47 Å². The second-order valence-electron chi connectivity index (χ2n) is 8.49. The van der Waals surface area contributed by atoms with Gasteiger partial charge in [0.1, 0.15) is 0 Å². The van der Waals surface area contributed by atoms with Crippen LogP contribution in [0, 0.1) is 0 Å². The molecule has 0 bridgehead atoms. The average Bonchev–Trinajstić information content (AvgIpc) is 2.76. The Labute approximate surface area is 173 Å². The van der Waals surface area contributed by atoms with Gasteiger partial charge < -0.3 is 14.4 Å². The third-order valence-corrected chi connectivity index (χ3v) is 5.26. The van der Waals surface area contributed by atoms with Crippen LogP contribution < -0.4 is 4.90 Å². The fraction of sp³-hybridized carbons (Fsp3) is 0.308.